The molecule has 0 atom stereocenters. The van der Waals surface area contributed by atoms with Gasteiger partial charge in [-0.2, -0.15) is 5.10 Å². The molecule has 0 radical (unpaired) electrons. The quantitative estimate of drug-likeness (QED) is 0.830. The summed E-state index contributed by atoms with van der Waals surface area (Å²) < 4.78 is 1.05. The molecule has 1 aliphatic heterocycles. The van der Waals surface area contributed by atoms with E-state index < -0.39 is 5.56 Å². The lowest BCUT2D eigenvalue weighted by atomic mass is 10.1. The van der Waals surface area contributed by atoms with Gasteiger partial charge in [0.05, 0.1) is 11.2 Å². The van der Waals surface area contributed by atoms with Gasteiger partial charge in [-0.3, -0.25) is 9.59 Å². The molecule has 0 saturated carbocycles. The second kappa shape index (κ2) is 5.71. The van der Waals surface area contributed by atoms with Gasteiger partial charge in [-0.25, -0.2) is 4.68 Å². The third-order valence-corrected chi connectivity index (χ3v) is 3.68. The van der Waals surface area contributed by atoms with Gasteiger partial charge in [-0.1, -0.05) is 23.2 Å². The van der Waals surface area contributed by atoms with Crippen molar-refractivity contribution in [2.45, 2.75) is 25.8 Å². The molecule has 5 nitrogen and oxygen atoms in total. The lowest BCUT2D eigenvalue weighted by molar-refractivity contribution is -0.133. The zero-order chi connectivity index (χ0) is 13.1. The summed E-state index contributed by atoms with van der Waals surface area (Å²) in [6, 6.07) is 0. The van der Waals surface area contributed by atoms with E-state index in [1.807, 2.05) is 0 Å². The third kappa shape index (κ3) is 2.84. The number of halogens is 2. The summed E-state index contributed by atoms with van der Waals surface area (Å²) in [5.41, 5.74) is -0.533. The Morgan fingerprint density at radius 3 is 2.61 bits per heavy atom. The van der Waals surface area contributed by atoms with E-state index >= 15 is 0 Å². The highest BCUT2D eigenvalue weighted by atomic mass is 35.5. The van der Waals surface area contributed by atoms with Gasteiger partial charge in [-0.05, 0) is 19.3 Å². The Morgan fingerprint density at radius 1 is 1.28 bits per heavy atom. The minimum absolute atomic E-state index is 0.0876. The molecule has 2 rings (SSSR count). The van der Waals surface area contributed by atoms with Crippen molar-refractivity contribution in [3.63, 3.8) is 0 Å². The van der Waals surface area contributed by atoms with E-state index in [0.717, 1.165) is 37.0 Å². The molecule has 2 heterocycles. The molecule has 0 N–H and O–H groups in total. The first-order chi connectivity index (χ1) is 8.59. The number of carbonyl (C=O) groups is 1. The standard InChI is InChI=1S/C11H13Cl2N3O2/c12-8-6-14-16(11(18)10(8)13)7-9(17)15-4-2-1-3-5-15/h6H,1-5,7H2. The highest BCUT2D eigenvalue weighted by Crippen LogP contribution is 2.14. The Kier molecular flexibility index (Phi) is 4.24. The van der Waals surface area contributed by atoms with E-state index in [1.165, 1.54) is 6.20 Å². The van der Waals surface area contributed by atoms with Crippen LogP contribution in [0.3, 0.4) is 0 Å². The van der Waals surface area contributed by atoms with Crippen LogP contribution in [0.25, 0.3) is 0 Å². The van der Waals surface area contributed by atoms with Crippen LogP contribution in [-0.2, 0) is 11.3 Å². The SMILES string of the molecule is O=C(Cn1ncc(Cl)c(Cl)c1=O)N1CCCCC1. The van der Waals surface area contributed by atoms with Gasteiger partial charge in [0.15, 0.2) is 0 Å². The number of likely N-dealkylation sites (tertiary alicyclic amines) is 1. The van der Waals surface area contributed by atoms with Gasteiger partial charge < -0.3 is 4.90 Å². The molecular weight excluding hydrogens is 277 g/mol. The Hall–Kier alpha value is -1.07. The summed E-state index contributed by atoms with van der Waals surface area (Å²) in [7, 11) is 0. The predicted molar refractivity (Wildman–Crippen MR) is 68.9 cm³/mol. The Balaban J connectivity index is 2.12. The van der Waals surface area contributed by atoms with Gasteiger partial charge >= 0.3 is 0 Å². The number of hydrogen-bond acceptors (Lipinski definition) is 3. The molecule has 0 bridgehead atoms. The third-order valence-electron chi connectivity index (χ3n) is 2.94. The first kappa shape index (κ1) is 13.4. The van der Waals surface area contributed by atoms with Crippen molar-refractivity contribution in [2.24, 2.45) is 0 Å². The number of piperidine rings is 1. The van der Waals surface area contributed by atoms with Gasteiger partial charge in [0.1, 0.15) is 11.6 Å². The van der Waals surface area contributed by atoms with Gasteiger partial charge in [0, 0.05) is 13.1 Å². The molecule has 0 aromatic carbocycles. The summed E-state index contributed by atoms with van der Waals surface area (Å²) in [6.45, 7) is 1.40. The van der Waals surface area contributed by atoms with Gasteiger partial charge in [0.2, 0.25) is 5.91 Å². The van der Waals surface area contributed by atoms with Crippen LogP contribution in [-0.4, -0.2) is 33.7 Å². The molecule has 0 spiro atoms. The summed E-state index contributed by atoms with van der Waals surface area (Å²) in [5, 5.41) is 3.82. The van der Waals surface area contributed by atoms with E-state index in [9.17, 15) is 9.59 Å². The predicted octanol–water partition coefficient (Wildman–Crippen LogP) is 1.56. The molecule has 1 fully saturated rings. The van der Waals surface area contributed by atoms with Crippen molar-refractivity contribution < 1.29 is 4.79 Å². The fourth-order valence-electron chi connectivity index (χ4n) is 1.93. The maximum atomic E-state index is 12.0. The highest BCUT2D eigenvalue weighted by molar-refractivity contribution is 6.41. The molecule has 1 aromatic rings. The first-order valence-corrected chi connectivity index (χ1v) is 6.54. The summed E-state index contributed by atoms with van der Waals surface area (Å²) in [6.07, 6.45) is 4.44. The zero-order valence-electron chi connectivity index (χ0n) is 9.73. The number of carbonyl (C=O) groups excluding carboxylic acids is 1. The topological polar surface area (TPSA) is 55.2 Å². The summed E-state index contributed by atoms with van der Waals surface area (Å²) >= 11 is 11.4. The van der Waals surface area contributed by atoms with Crippen LogP contribution in [0.1, 0.15) is 19.3 Å². The first-order valence-electron chi connectivity index (χ1n) is 5.78. The molecule has 1 aromatic heterocycles. The van der Waals surface area contributed by atoms with E-state index in [1.54, 1.807) is 4.90 Å². The molecule has 1 aliphatic rings. The number of hydrogen-bond donors (Lipinski definition) is 0. The minimum Gasteiger partial charge on any atom is -0.341 e. The van der Waals surface area contributed by atoms with E-state index in [-0.39, 0.29) is 22.5 Å². The number of rotatable bonds is 2. The number of nitrogens with zero attached hydrogens (tertiary/aromatic N) is 3. The summed E-state index contributed by atoms with van der Waals surface area (Å²) in [4.78, 5) is 25.4. The fourth-order valence-corrected chi connectivity index (χ4v) is 2.20. The molecule has 18 heavy (non-hydrogen) atoms. The molecular formula is C11H13Cl2N3O2. The zero-order valence-corrected chi connectivity index (χ0v) is 11.2. The Bertz CT molecular complexity index is 510. The van der Waals surface area contributed by atoms with Crippen molar-refractivity contribution in [1.29, 1.82) is 0 Å². The lowest BCUT2D eigenvalue weighted by Gasteiger charge is -2.26. The van der Waals surface area contributed by atoms with Crippen LogP contribution in [0.2, 0.25) is 10.0 Å². The highest BCUT2D eigenvalue weighted by Gasteiger charge is 2.18. The molecule has 1 amide bonds. The fraction of sp³-hybridized carbons (Fsp3) is 0.545. The van der Waals surface area contributed by atoms with Crippen LogP contribution in [0.4, 0.5) is 0 Å². The van der Waals surface area contributed by atoms with Crippen molar-refractivity contribution in [1.82, 2.24) is 14.7 Å². The number of amides is 1. The lowest BCUT2D eigenvalue weighted by Crippen LogP contribution is -2.40. The maximum absolute atomic E-state index is 12.0. The second-order valence-corrected chi connectivity index (χ2v) is 5.00. The van der Waals surface area contributed by atoms with Crippen LogP contribution < -0.4 is 5.56 Å². The summed E-state index contributed by atoms with van der Waals surface area (Å²) in [5.74, 6) is -0.109. The second-order valence-electron chi connectivity index (χ2n) is 4.21. The van der Waals surface area contributed by atoms with Crippen LogP contribution in [0, 0.1) is 0 Å². The van der Waals surface area contributed by atoms with E-state index in [2.05, 4.69) is 5.10 Å². The molecule has 0 unspecified atom stereocenters. The Morgan fingerprint density at radius 2 is 1.94 bits per heavy atom. The Labute approximate surface area is 114 Å². The van der Waals surface area contributed by atoms with Crippen LogP contribution in [0.5, 0.6) is 0 Å². The molecule has 7 heteroatoms. The van der Waals surface area contributed by atoms with Crippen molar-refractivity contribution in [3.05, 3.63) is 26.6 Å². The van der Waals surface area contributed by atoms with Crippen molar-refractivity contribution >= 4 is 29.1 Å². The van der Waals surface area contributed by atoms with Crippen LogP contribution >= 0.6 is 23.2 Å². The molecule has 0 aliphatic carbocycles. The minimum atomic E-state index is -0.533. The van der Waals surface area contributed by atoms with Crippen LogP contribution in [0.15, 0.2) is 11.0 Å². The average Bonchev–Trinajstić information content (AvgIpc) is 2.40. The van der Waals surface area contributed by atoms with Crippen molar-refractivity contribution in [3.8, 4) is 0 Å². The average molecular weight is 290 g/mol. The largest absolute Gasteiger partial charge is 0.341 e. The van der Waals surface area contributed by atoms with Gasteiger partial charge in [0.25, 0.3) is 5.56 Å². The normalized spacial score (nSPS) is 15.8. The van der Waals surface area contributed by atoms with Gasteiger partial charge in [-0.15, -0.1) is 0 Å². The molecule has 1 saturated heterocycles. The van der Waals surface area contributed by atoms with E-state index in [4.69, 9.17) is 23.2 Å². The monoisotopic (exact) mass is 289 g/mol. The smallest absolute Gasteiger partial charge is 0.287 e. The maximum Gasteiger partial charge on any atom is 0.287 e. The van der Waals surface area contributed by atoms with E-state index in [0.29, 0.717) is 0 Å². The van der Waals surface area contributed by atoms with Crippen molar-refractivity contribution in [2.75, 3.05) is 13.1 Å². The number of aromatic nitrogens is 2. The molecule has 98 valence electrons.